The van der Waals surface area contributed by atoms with Crippen molar-refractivity contribution < 1.29 is 19.1 Å². The Morgan fingerprint density at radius 1 is 1.13 bits per heavy atom. The molecule has 0 saturated carbocycles. The van der Waals surface area contributed by atoms with Crippen LogP contribution >= 0.6 is 0 Å². The number of ether oxygens (including phenoxy) is 2. The Balaban J connectivity index is 1.50. The molecule has 1 aromatic heterocycles. The molecule has 0 aliphatic carbocycles. The zero-order valence-electron chi connectivity index (χ0n) is 16.9. The topological polar surface area (TPSA) is 93.7 Å². The number of para-hydroxylation sites is 1. The van der Waals surface area contributed by atoms with Gasteiger partial charge in [-0.2, -0.15) is 0 Å². The highest BCUT2D eigenvalue weighted by Crippen LogP contribution is 2.28. The van der Waals surface area contributed by atoms with Gasteiger partial charge in [-0.25, -0.2) is 9.97 Å². The summed E-state index contributed by atoms with van der Waals surface area (Å²) in [6.45, 7) is 1.71. The highest BCUT2D eigenvalue weighted by atomic mass is 16.5. The fraction of sp³-hybridized carbons (Fsp3) is 0.455. The SMILES string of the molecule is O=C(c1cncnc1)N1CCOC2(CCCCc3ccccc3OCCNC2=O)C1. The normalized spacial score (nSPS) is 22.8. The lowest BCUT2D eigenvalue weighted by molar-refractivity contribution is -0.159. The van der Waals surface area contributed by atoms with Gasteiger partial charge in [0.1, 0.15) is 18.7 Å². The summed E-state index contributed by atoms with van der Waals surface area (Å²) in [6.07, 6.45) is 7.50. The molecule has 1 atom stereocenters. The lowest BCUT2D eigenvalue weighted by Gasteiger charge is -2.41. The predicted molar refractivity (Wildman–Crippen MR) is 109 cm³/mol. The lowest BCUT2D eigenvalue weighted by atomic mass is 9.91. The number of morpholine rings is 1. The number of hydrogen-bond donors (Lipinski definition) is 1. The van der Waals surface area contributed by atoms with Crippen molar-refractivity contribution in [3.05, 3.63) is 54.1 Å². The summed E-state index contributed by atoms with van der Waals surface area (Å²) in [6, 6.07) is 8.01. The van der Waals surface area contributed by atoms with Crippen LogP contribution in [0.4, 0.5) is 0 Å². The molecule has 1 fully saturated rings. The third-order valence-corrected chi connectivity index (χ3v) is 5.59. The van der Waals surface area contributed by atoms with E-state index < -0.39 is 5.60 Å². The molecule has 0 radical (unpaired) electrons. The van der Waals surface area contributed by atoms with Gasteiger partial charge in [0.15, 0.2) is 5.60 Å². The van der Waals surface area contributed by atoms with Gasteiger partial charge in [0.2, 0.25) is 0 Å². The van der Waals surface area contributed by atoms with Crippen molar-refractivity contribution in [3.8, 4) is 5.75 Å². The molecule has 1 N–H and O–H groups in total. The molecule has 2 aromatic rings. The number of rotatable bonds is 1. The average Bonchev–Trinajstić information content (AvgIpc) is 2.79. The molecule has 2 aliphatic heterocycles. The number of nitrogens with zero attached hydrogens (tertiary/aromatic N) is 3. The summed E-state index contributed by atoms with van der Waals surface area (Å²) in [5, 5.41) is 2.94. The first-order valence-electron chi connectivity index (χ1n) is 10.4. The Morgan fingerprint density at radius 3 is 2.83 bits per heavy atom. The molecule has 8 heteroatoms. The highest BCUT2D eigenvalue weighted by molar-refractivity contribution is 5.94. The molecule has 30 heavy (non-hydrogen) atoms. The molecule has 3 heterocycles. The summed E-state index contributed by atoms with van der Waals surface area (Å²) in [4.78, 5) is 35.5. The van der Waals surface area contributed by atoms with Crippen molar-refractivity contribution in [1.29, 1.82) is 0 Å². The van der Waals surface area contributed by atoms with Crippen LogP contribution in [-0.2, 0) is 16.0 Å². The fourth-order valence-corrected chi connectivity index (χ4v) is 4.02. The molecule has 8 nitrogen and oxygen atoms in total. The van der Waals surface area contributed by atoms with Gasteiger partial charge in [-0.15, -0.1) is 0 Å². The van der Waals surface area contributed by atoms with Gasteiger partial charge in [-0.05, 0) is 37.3 Å². The van der Waals surface area contributed by atoms with E-state index in [9.17, 15) is 9.59 Å². The number of fused-ring (bicyclic) bond motifs is 1. The van der Waals surface area contributed by atoms with Crippen molar-refractivity contribution >= 4 is 11.8 Å². The predicted octanol–water partition coefficient (Wildman–Crippen LogP) is 1.61. The second-order valence-electron chi connectivity index (χ2n) is 7.62. The average molecular weight is 410 g/mol. The van der Waals surface area contributed by atoms with Crippen molar-refractivity contribution in [3.63, 3.8) is 0 Å². The van der Waals surface area contributed by atoms with Crippen LogP contribution in [0, 0.1) is 0 Å². The van der Waals surface area contributed by atoms with E-state index >= 15 is 0 Å². The molecular weight excluding hydrogens is 384 g/mol. The first-order valence-corrected chi connectivity index (χ1v) is 10.4. The monoisotopic (exact) mass is 410 g/mol. The van der Waals surface area contributed by atoms with E-state index in [1.54, 1.807) is 4.90 Å². The number of aromatic nitrogens is 2. The molecule has 1 spiro atoms. The van der Waals surface area contributed by atoms with Crippen LogP contribution in [0.15, 0.2) is 43.0 Å². The molecule has 2 aliphatic rings. The summed E-state index contributed by atoms with van der Waals surface area (Å²) >= 11 is 0. The molecule has 2 amide bonds. The summed E-state index contributed by atoms with van der Waals surface area (Å²) in [5.74, 6) is 0.494. The number of carbonyl (C=O) groups is 2. The minimum atomic E-state index is -1.05. The second-order valence-corrected chi connectivity index (χ2v) is 7.62. The Labute approximate surface area is 175 Å². The lowest BCUT2D eigenvalue weighted by Crippen LogP contribution is -2.61. The highest BCUT2D eigenvalue weighted by Gasteiger charge is 2.44. The Morgan fingerprint density at radius 2 is 1.97 bits per heavy atom. The van der Waals surface area contributed by atoms with Crippen LogP contribution in [0.1, 0.15) is 35.2 Å². The standard InChI is InChI=1S/C22H26N4O4/c27-20(18-13-23-16-24-14-18)26-10-12-30-22(15-26)8-4-3-6-17-5-1-2-7-19(17)29-11-9-25-21(22)28/h1-2,5,7,13-14,16H,3-4,6,8-12,15H2,(H,25,28). The van der Waals surface area contributed by atoms with Gasteiger partial charge in [-0.1, -0.05) is 18.2 Å². The quantitative estimate of drug-likeness (QED) is 0.768. The third-order valence-electron chi connectivity index (χ3n) is 5.59. The number of nitrogens with one attached hydrogen (secondary N) is 1. The zero-order valence-corrected chi connectivity index (χ0v) is 16.9. The second kappa shape index (κ2) is 9.21. The van der Waals surface area contributed by atoms with Crippen LogP contribution in [0.5, 0.6) is 5.75 Å². The molecular formula is C22H26N4O4. The Hall–Kier alpha value is -3.00. The Kier molecular flexibility index (Phi) is 6.23. The molecule has 4 rings (SSSR count). The van der Waals surface area contributed by atoms with Crippen LogP contribution < -0.4 is 10.1 Å². The number of benzene rings is 1. The smallest absolute Gasteiger partial charge is 0.257 e. The zero-order chi connectivity index (χ0) is 20.8. The maximum absolute atomic E-state index is 13.1. The number of aryl methyl sites for hydroxylation is 1. The maximum Gasteiger partial charge on any atom is 0.257 e. The van der Waals surface area contributed by atoms with Crippen molar-refractivity contribution in [2.75, 3.05) is 32.8 Å². The largest absolute Gasteiger partial charge is 0.491 e. The molecule has 1 saturated heterocycles. The molecule has 0 bridgehead atoms. The number of carbonyl (C=O) groups excluding carboxylic acids is 2. The van der Waals surface area contributed by atoms with Gasteiger partial charge in [-0.3, -0.25) is 9.59 Å². The van der Waals surface area contributed by atoms with E-state index in [0.717, 1.165) is 25.0 Å². The van der Waals surface area contributed by atoms with E-state index in [4.69, 9.17) is 9.47 Å². The summed E-state index contributed by atoms with van der Waals surface area (Å²) < 4.78 is 11.9. The van der Waals surface area contributed by atoms with Crippen LogP contribution in [-0.4, -0.2) is 65.1 Å². The van der Waals surface area contributed by atoms with Crippen molar-refractivity contribution in [2.24, 2.45) is 0 Å². The van der Waals surface area contributed by atoms with Gasteiger partial charge in [0.05, 0.1) is 25.3 Å². The van der Waals surface area contributed by atoms with Crippen molar-refractivity contribution in [1.82, 2.24) is 20.2 Å². The third kappa shape index (κ3) is 4.43. The molecule has 158 valence electrons. The van der Waals surface area contributed by atoms with Crippen LogP contribution in [0.2, 0.25) is 0 Å². The van der Waals surface area contributed by atoms with Gasteiger partial charge in [0.25, 0.3) is 11.8 Å². The van der Waals surface area contributed by atoms with Crippen molar-refractivity contribution in [2.45, 2.75) is 31.3 Å². The van der Waals surface area contributed by atoms with E-state index in [-0.39, 0.29) is 18.4 Å². The first-order chi connectivity index (χ1) is 14.7. The minimum absolute atomic E-state index is 0.186. The van der Waals surface area contributed by atoms with E-state index in [0.29, 0.717) is 38.3 Å². The van der Waals surface area contributed by atoms with Gasteiger partial charge in [0, 0.05) is 18.9 Å². The summed E-state index contributed by atoms with van der Waals surface area (Å²) in [7, 11) is 0. The molecule has 1 aromatic carbocycles. The van der Waals surface area contributed by atoms with E-state index in [1.165, 1.54) is 24.3 Å². The first kappa shape index (κ1) is 20.3. The fourth-order valence-electron chi connectivity index (χ4n) is 4.02. The van der Waals surface area contributed by atoms with E-state index in [1.807, 2.05) is 18.2 Å². The van der Waals surface area contributed by atoms with Gasteiger partial charge < -0.3 is 19.7 Å². The number of hydrogen-bond acceptors (Lipinski definition) is 6. The maximum atomic E-state index is 13.1. The molecule has 1 unspecified atom stereocenters. The summed E-state index contributed by atoms with van der Waals surface area (Å²) in [5.41, 5.74) is 0.527. The van der Waals surface area contributed by atoms with Gasteiger partial charge >= 0.3 is 0 Å². The number of amides is 2. The Bertz CT molecular complexity index is 892. The van der Waals surface area contributed by atoms with Crippen LogP contribution in [0.3, 0.4) is 0 Å². The van der Waals surface area contributed by atoms with E-state index in [2.05, 4.69) is 21.4 Å². The minimum Gasteiger partial charge on any atom is -0.491 e. The van der Waals surface area contributed by atoms with Crippen LogP contribution in [0.25, 0.3) is 0 Å².